The zero-order chi connectivity index (χ0) is 20.2. The Hall–Kier alpha value is -3.42. The normalized spacial score (nSPS) is 10.7. The van der Waals surface area contributed by atoms with E-state index in [-0.39, 0.29) is 5.02 Å². The van der Waals surface area contributed by atoms with E-state index in [2.05, 4.69) is 40.6 Å². The predicted octanol–water partition coefficient (Wildman–Crippen LogP) is 6.43. The fourth-order valence-electron chi connectivity index (χ4n) is 3.27. The van der Waals surface area contributed by atoms with Gasteiger partial charge in [-0.1, -0.05) is 48.0 Å². The molecule has 0 unspecified atom stereocenters. The van der Waals surface area contributed by atoms with Crippen molar-refractivity contribution in [2.45, 2.75) is 12.8 Å². The van der Waals surface area contributed by atoms with E-state index < -0.39 is 5.82 Å². The second kappa shape index (κ2) is 8.30. The predicted molar refractivity (Wildman–Crippen MR) is 115 cm³/mol. The van der Waals surface area contributed by atoms with Crippen molar-refractivity contribution in [1.82, 2.24) is 4.98 Å². The highest BCUT2D eigenvalue weighted by molar-refractivity contribution is 6.31. The molecule has 0 aliphatic carbocycles. The van der Waals surface area contributed by atoms with Crippen LogP contribution in [0.1, 0.15) is 16.7 Å². The van der Waals surface area contributed by atoms with E-state index in [0.717, 1.165) is 29.3 Å². The van der Waals surface area contributed by atoms with Crippen LogP contribution in [0.5, 0.6) is 0 Å². The fourth-order valence-corrected chi connectivity index (χ4v) is 3.45. The van der Waals surface area contributed by atoms with Crippen LogP contribution < -0.4 is 5.32 Å². The number of pyridine rings is 1. The lowest BCUT2D eigenvalue weighted by Gasteiger charge is -2.13. The Morgan fingerprint density at radius 3 is 2.52 bits per heavy atom. The maximum atomic E-state index is 13.5. The Kier molecular flexibility index (Phi) is 5.41. The highest BCUT2D eigenvalue weighted by Crippen LogP contribution is 2.31. The molecule has 3 nitrogen and oxygen atoms in total. The molecule has 1 N–H and O–H groups in total. The minimum absolute atomic E-state index is 0.0235. The van der Waals surface area contributed by atoms with Crippen LogP contribution in [0.15, 0.2) is 72.9 Å². The van der Waals surface area contributed by atoms with Crippen molar-refractivity contribution in [2.24, 2.45) is 0 Å². The molecule has 0 saturated heterocycles. The minimum atomic E-state index is -0.486. The van der Waals surface area contributed by atoms with Gasteiger partial charge < -0.3 is 5.32 Å². The number of nitriles is 1. The maximum Gasteiger partial charge on any atom is 0.141 e. The number of fused-ring (bicyclic) bond motifs is 1. The summed E-state index contributed by atoms with van der Waals surface area (Å²) in [7, 11) is 0. The average molecular weight is 402 g/mol. The van der Waals surface area contributed by atoms with E-state index >= 15 is 0 Å². The molecule has 0 fully saturated rings. The van der Waals surface area contributed by atoms with E-state index in [9.17, 15) is 9.65 Å². The molecule has 142 valence electrons. The molecule has 3 aromatic carbocycles. The molecule has 5 heteroatoms. The van der Waals surface area contributed by atoms with Crippen LogP contribution >= 0.6 is 11.6 Å². The van der Waals surface area contributed by atoms with Crippen molar-refractivity contribution in [2.75, 3.05) is 5.32 Å². The summed E-state index contributed by atoms with van der Waals surface area (Å²) in [5.41, 5.74) is 4.87. The number of anilines is 2. The number of rotatable bonds is 5. The first kappa shape index (κ1) is 18.9. The molecule has 0 atom stereocenters. The quantitative estimate of drug-likeness (QED) is 0.419. The number of hydrogen-bond donors (Lipinski definition) is 1. The summed E-state index contributed by atoms with van der Waals surface area (Å²) in [5.74, 6) is -0.486. The van der Waals surface area contributed by atoms with Crippen LogP contribution in [0.3, 0.4) is 0 Å². The van der Waals surface area contributed by atoms with Gasteiger partial charge in [0.05, 0.1) is 21.8 Å². The number of nitrogens with zero attached hydrogens (tertiary/aromatic N) is 2. The van der Waals surface area contributed by atoms with Gasteiger partial charge in [-0.3, -0.25) is 4.98 Å². The monoisotopic (exact) mass is 401 g/mol. The molecule has 0 aliphatic rings. The van der Waals surface area contributed by atoms with Crippen molar-refractivity contribution in [1.29, 1.82) is 5.26 Å². The molecular weight excluding hydrogens is 385 g/mol. The molecular formula is C24H17ClFN3. The topological polar surface area (TPSA) is 48.7 Å². The van der Waals surface area contributed by atoms with Gasteiger partial charge in [-0.05, 0) is 54.3 Å². The van der Waals surface area contributed by atoms with Gasteiger partial charge in [-0.2, -0.15) is 5.26 Å². The number of nitrogens with one attached hydrogen (secondary N) is 1. The Balaban J connectivity index is 1.71. The lowest BCUT2D eigenvalue weighted by Crippen LogP contribution is -1.98. The highest BCUT2D eigenvalue weighted by Gasteiger charge is 2.11. The van der Waals surface area contributed by atoms with Gasteiger partial charge in [0.2, 0.25) is 0 Å². The van der Waals surface area contributed by atoms with Crippen LogP contribution in [0.25, 0.3) is 10.9 Å². The first-order valence-corrected chi connectivity index (χ1v) is 9.59. The van der Waals surface area contributed by atoms with Crippen LogP contribution in [-0.2, 0) is 12.8 Å². The van der Waals surface area contributed by atoms with E-state index in [1.54, 1.807) is 12.3 Å². The summed E-state index contributed by atoms with van der Waals surface area (Å²) >= 11 is 5.90. The molecule has 0 spiro atoms. The Bertz CT molecular complexity index is 1220. The van der Waals surface area contributed by atoms with Crippen molar-refractivity contribution in [3.8, 4) is 6.07 Å². The van der Waals surface area contributed by atoms with Crippen LogP contribution in [-0.4, -0.2) is 4.98 Å². The number of halogens is 2. The number of hydrogen-bond acceptors (Lipinski definition) is 3. The second-order valence-electron chi connectivity index (χ2n) is 6.75. The summed E-state index contributed by atoms with van der Waals surface area (Å²) in [4.78, 5) is 4.40. The third-order valence-corrected chi connectivity index (χ3v) is 5.08. The van der Waals surface area contributed by atoms with Gasteiger partial charge in [-0.25, -0.2) is 4.39 Å². The maximum absolute atomic E-state index is 13.5. The van der Waals surface area contributed by atoms with Gasteiger partial charge in [0.25, 0.3) is 0 Å². The highest BCUT2D eigenvalue weighted by atomic mass is 35.5. The largest absolute Gasteiger partial charge is 0.354 e. The van der Waals surface area contributed by atoms with E-state index in [1.807, 2.05) is 24.3 Å². The lowest BCUT2D eigenvalue weighted by molar-refractivity contribution is 0.628. The Labute approximate surface area is 173 Å². The molecule has 0 saturated carbocycles. The van der Waals surface area contributed by atoms with E-state index in [4.69, 9.17) is 11.6 Å². The Morgan fingerprint density at radius 1 is 0.966 bits per heavy atom. The van der Waals surface area contributed by atoms with E-state index in [1.165, 1.54) is 17.7 Å². The third-order valence-electron chi connectivity index (χ3n) is 4.79. The van der Waals surface area contributed by atoms with Crippen LogP contribution in [0, 0.1) is 17.1 Å². The molecule has 4 aromatic rings. The molecule has 0 aliphatic heterocycles. The Morgan fingerprint density at radius 2 is 1.76 bits per heavy atom. The first-order valence-electron chi connectivity index (χ1n) is 9.22. The molecule has 0 bridgehead atoms. The molecule has 0 amide bonds. The summed E-state index contributed by atoms with van der Waals surface area (Å²) in [6, 6.07) is 22.9. The van der Waals surface area contributed by atoms with Crippen molar-refractivity contribution >= 4 is 33.9 Å². The zero-order valence-electron chi connectivity index (χ0n) is 15.5. The average Bonchev–Trinajstić information content (AvgIpc) is 2.76. The molecule has 29 heavy (non-hydrogen) atoms. The molecule has 1 aromatic heterocycles. The zero-order valence-corrected chi connectivity index (χ0v) is 16.2. The van der Waals surface area contributed by atoms with Crippen molar-refractivity contribution in [3.05, 3.63) is 100 Å². The molecule has 0 radical (unpaired) electrons. The van der Waals surface area contributed by atoms with Crippen molar-refractivity contribution in [3.63, 3.8) is 0 Å². The molecule has 4 rings (SSSR count). The van der Waals surface area contributed by atoms with Gasteiger partial charge in [-0.15, -0.1) is 0 Å². The van der Waals surface area contributed by atoms with E-state index in [0.29, 0.717) is 16.9 Å². The van der Waals surface area contributed by atoms with Gasteiger partial charge in [0.1, 0.15) is 11.9 Å². The summed E-state index contributed by atoms with van der Waals surface area (Å²) in [6.07, 6.45) is 3.34. The summed E-state index contributed by atoms with van der Waals surface area (Å²) < 4.78 is 13.5. The summed E-state index contributed by atoms with van der Waals surface area (Å²) in [5, 5.41) is 13.6. The second-order valence-corrected chi connectivity index (χ2v) is 7.16. The minimum Gasteiger partial charge on any atom is -0.354 e. The number of aromatic nitrogens is 1. The van der Waals surface area contributed by atoms with Crippen LogP contribution in [0.2, 0.25) is 5.02 Å². The van der Waals surface area contributed by atoms with Gasteiger partial charge in [0.15, 0.2) is 0 Å². The van der Waals surface area contributed by atoms with Crippen LogP contribution in [0.4, 0.5) is 15.8 Å². The SMILES string of the molecule is N#Cc1cnc2ccc(CCc3ccccc3)cc2c1Nc1ccc(F)c(Cl)c1. The fraction of sp³-hybridized carbons (Fsp3) is 0.0833. The molecule has 1 heterocycles. The smallest absolute Gasteiger partial charge is 0.141 e. The number of aryl methyl sites for hydroxylation is 2. The third kappa shape index (κ3) is 4.21. The van der Waals surface area contributed by atoms with Crippen molar-refractivity contribution < 1.29 is 4.39 Å². The standard InChI is InChI=1S/C24H17ClFN3/c25-21-13-19(9-10-22(21)26)29-24-18(14-27)15-28-23-11-8-17(12-20(23)24)7-6-16-4-2-1-3-5-16/h1-5,8-13,15H,6-7H2,(H,28,29). The first-order chi connectivity index (χ1) is 14.1. The van der Waals surface area contributed by atoms with Gasteiger partial charge in [0, 0.05) is 17.3 Å². The lowest BCUT2D eigenvalue weighted by atomic mass is 10.0. The van der Waals surface area contributed by atoms with Gasteiger partial charge >= 0.3 is 0 Å². The number of benzene rings is 3. The summed E-state index contributed by atoms with van der Waals surface area (Å²) in [6.45, 7) is 0.